The fourth-order valence-corrected chi connectivity index (χ4v) is 3.21. The van der Waals surface area contributed by atoms with E-state index in [9.17, 15) is 4.79 Å². The molecule has 6 heteroatoms. The lowest BCUT2D eigenvalue weighted by atomic mass is 10.1. The third kappa shape index (κ3) is 4.54. The second-order valence-corrected chi connectivity index (χ2v) is 6.54. The molecule has 0 spiro atoms. The zero-order valence-corrected chi connectivity index (χ0v) is 14.9. The minimum atomic E-state index is -0.0990. The molecule has 0 heterocycles. The number of rotatable bonds is 7. The quantitative estimate of drug-likeness (QED) is 0.789. The molecule has 3 rings (SSSR count). The van der Waals surface area contributed by atoms with Gasteiger partial charge in [0.2, 0.25) is 0 Å². The van der Waals surface area contributed by atoms with Crippen LogP contribution in [0.2, 0.25) is 0 Å². The zero-order chi connectivity index (χ0) is 16.2. The van der Waals surface area contributed by atoms with E-state index < -0.39 is 0 Å². The monoisotopic (exact) mass is 354 g/mol. The first-order valence-corrected chi connectivity index (χ1v) is 8.57. The summed E-state index contributed by atoms with van der Waals surface area (Å²) in [4.78, 5) is 12.4. The van der Waals surface area contributed by atoms with Crippen LogP contribution in [0.25, 0.3) is 0 Å². The predicted octanol–water partition coefficient (Wildman–Crippen LogP) is 2.91. The van der Waals surface area contributed by atoms with E-state index in [1.54, 1.807) is 19.2 Å². The van der Waals surface area contributed by atoms with E-state index in [2.05, 4.69) is 5.32 Å². The Morgan fingerprint density at radius 1 is 1.25 bits per heavy atom. The molecule has 2 fully saturated rings. The summed E-state index contributed by atoms with van der Waals surface area (Å²) in [6.45, 7) is 0.483. The van der Waals surface area contributed by atoms with Gasteiger partial charge in [0, 0.05) is 18.2 Å². The fourth-order valence-electron chi connectivity index (χ4n) is 3.21. The van der Waals surface area contributed by atoms with Crippen LogP contribution in [0, 0.1) is 5.92 Å². The highest BCUT2D eigenvalue weighted by atomic mass is 35.5. The normalized spacial score (nSPS) is 18.6. The smallest absolute Gasteiger partial charge is 0.251 e. The highest BCUT2D eigenvalue weighted by Crippen LogP contribution is 2.34. The molecule has 5 nitrogen and oxygen atoms in total. The van der Waals surface area contributed by atoms with Crippen molar-refractivity contribution in [2.24, 2.45) is 11.7 Å². The number of amides is 1. The van der Waals surface area contributed by atoms with Crippen molar-refractivity contribution in [3.63, 3.8) is 0 Å². The topological polar surface area (TPSA) is 73.6 Å². The van der Waals surface area contributed by atoms with E-state index in [0.717, 1.165) is 25.7 Å². The van der Waals surface area contributed by atoms with Crippen molar-refractivity contribution in [3.05, 3.63) is 23.8 Å². The number of nitrogens with two attached hydrogens (primary N) is 1. The number of hydrogen-bond acceptors (Lipinski definition) is 4. The molecule has 0 bridgehead atoms. The van der Waals surface area contributed by atoms with Crippen LogP contribution in [0.3, 0.4) is 0 Å². The first kappa shape index (κ1) is 18.9. The van der Waals surface area contributed by atoms with Gasteiger partial charge in [-0.05, 0) is 62.6 Å². The van der Waals surface area contributed by atoms with E-state index in [1.807, 2.05) is 6.07 Å². The van der Waals surface area contributed by atoms with E-state index in [0.29, 0.717) is 29.5 Å². The third-order valence-electron chi connectivity index (χ3n) is 4.78. The average Bonchev–Trinajstić information content (AvgIpc) is 3.29. The lowest BCUT2D eigenvalue weighted by molar-refractivity contribution is 0.0933. The lowest BCUT2D eigenvalue weighted by Crippen LogP contribution is -2.41. The van der Waals surface area contributed by atoms with E-state index >= 15 is 0 Å². The van der Waals surface area contributed by atoms with E-state index in [4.69, 9.17) is 15.2 Å². The lowest BCUT2D eigenvalue weighted by Gasteiger charge is -2.18. The van der Waals surface area contributed by atoms with Gasteiger partial charge < -0.3 is 20.5 Å². The zero-order valence-electron chi connectivity index (χ0n) is 14.1. The van der Waals surface area contributed by atoms with Gasteiger partial charge in [-0.15, -0.1) is 12.4 Å². The molecular weight excluding hydrogens is 328 g/mol. The highest BCUT2D eigenvalue weighted by Gasteiger charge is 2.31. The van der Waals surface area contributed by atoms with Crippen molar-refractivity contribution in [1.29, 1.82) is 0 Å². The molecule has 0 aliphatic heterocycles. The van der Waals surface area contributed by atoms with Crippen molar-refractivity contribution >= 4 is 18.3 Å². The number of methoxy groups -OCH3 is 1. The first-order valence-electron chi connectivity index (χ1n) is 8.57. The number of hydrogen-bond donors (Lipinski definition) is 2. The second kappa shape index (κ2) is 8.58. The molecule has 1 aromatic rings. The van der Waals surface area contributed by atoms with Gasteiger partial charge >= 0.3 is 0 Å². The molecule has 0 aromatic heterocycles. The van der Waals surface area contributed by atoms with Gasteiger partial charge in [-0.2, -0.15) is 0 Å². The number of benzene rings is 1. The molecule has 0 radical (unpaired) electrons. The summed E-state index contributed by atoms with van der Waals surface area (Å²) in [7, 11) is 1.60. The Balaban J connectivity index is 0.00000208. The summed E-state index contributed by atoms with van der Waals surface area (Å²) in [5.74, 6) is 1.77. The molecular formula is C18H27ClN2O3. The predicted molar refractivity (Wildman–Crippen MR) is 96.2 cm³/mol. The Hall–Kier alpha value is -1.46. The SMILES string of the molecule is COc1cc(C(=O)NC(CN)C2CC2)ccc1OC1CCCC1.Cl. The standard InChI is InChI=1S/C18H26N2O3.ClH/c1-22-17-10-13(18(21)20-15(11-19)12-6-7-12)8-9-16(17)23-14-4-2-3-5-14;/h8-10,12,14-15H,2-7,11,19H2,1H3,(H,20,21);1H. The molecule has 1 amide bonds. The summed E-state index contributed by atoms with van der Waals surface area (Å²) < 4.78 is 11.4. The Labute approximate surface area is 149 Å². The van der Waals surface area contributed by atoms with Gasteiger partial charge in [-0.1, -0.05) is 0 Å². The van der Waals surface area contributed by atoms with Crippen LogP contribution in [-0.2, 0) is 0 Å². The molecule has 1 atom stereocenters. The minimum absolute atomic E-state index is 0. The van der Waals surface area contributed by atoms with Crippen LogP contribution in [0.4, 0.5) is 0 Å². The maximum atomic E-state index is 12.4. The fraction of sp³-hybridized carbons (Fsp3) is 0.611. The van der Waals surface area contributed by atoms with Crippen LogP contribution in [0.1, 0.15) is 48.9 Å². The molecule has 2 aliphatic carbocycles. The molecule has 1 unspecified atom stereocenters. The van der Waals surface area contributed by atoms with Gasteiger partial charge in [0.05, 0.1) is 13.2 Å². The molecule has 0 saturated heterocycles. The van der Waals surface area contributed by atoms with Crippen molar-refractivity contribution in [3.8, 4) is 11.5 Å². The second-order valence-electron chi connectivity index (χ2n) is 6.54. The Kier molecular flexibility index (Phi) is 6.75. The number of nitrogens with one attached hydrogen (secondary N) is 1. The molecule has 24 heavy (non-hydrogen) atoms. The Morgan fingerprint density at radius 2 is 1.96 bits per heavy atom. The summed E-state index contributed by atoms with van der Waals surface area (Å²) in [6, 6.07) is 5.45. The van der Waals surface area contributed by atoms with Crippen molar-refractivity contribution in [1.82, 2.24) is 5.32 Å². The van der Waals surface area contributed by atoms with Crippen LogP contribution in [-0.4, -0.2) is 31.7 Å². The largest absolute Gasteiger partial charge is 0.493 e. The van der Waals surface area contributed by atoms with Crippen molar-refractivity contribution < 1.29 is 14.3 Å². The van der Waals surface area contributed by atoms with Gasteiger partial charge in [0.1, 0.15) is 0 Å². The maximum Gasteiger partial charge on any atom is 0.251 e. The van der Waals surface area contributed by atoms with E-state index in [-0.39, 0.29) is 30.5 Å². The third-order valence-corrected chi connectivity index (χ3v) is 4.78. The average molecular weight is 355 g/mol. The van der Waals surface area contributed by atoms with E-state index in [1.165, 1.54) is 12.8 Å². The Bertz CT molecular complexity index is 557. The van der Waals surface area contributed by atoms with Crippen LogP contribution in [0.15, 0.2) is 18.2 Å². The summed E-state index contributed by atoms with van der Waals surface area (Å²) in [5, 5.41) is 3.03. The number of ether oxygens (including phenoxy) is 2. The number of carbonyl (C=O) groups excluding carboxylic acids is 1. The summed E-state index contributed by atoms with van der Waals surface area (Å²) in [5.41, 5.74) is 6.34. The number of carbonyl (C=O) groups is 1. The van der Waals surface area contributed by atoms with Crippen LogP contribution >= 0.6 is 12.4 Å². The van der Waals surface area contributed by atoms with Gasteiger partial charge in [-0.25, -0.2) is 0 Å². The minimum Gasteiger partial charge on any atom is -0.493 e. The molecule has 3 N–H and O–H groups in total. The molecule has 134 valence electrons. The van der Waals surface area contributed by atoms with Crippen molar-refractivity contribution in [2.45, 2.75) is 50.7 Å². The first-order chi connectivity index (χ1) is 11.2. The molecule has 2 saturated carbocycles. The summed E-state index contributed by atoms with van der Waals surface area (Å²) >= 11 is 0. The summed E-state index contributed by atoms with van der Waals surface area (Å²) in [6.07, 6.45) is 7.18. The molecule has 2 aliphatic rings. The van der Waals surface area contributed by atoms with Crippen molar-refractivity contribution in [2.75, 3.05) is 13.7 Å². The van der Waals surface area contributed by atoms with Gasteiger partial charge in [0.25, 0.3) is 5.91 Å². The maximum absolute atomic E-state index is 12.4. The molecule has 1 aromatic carbocycles. The van der Waals surface area contributed by atoms with Gasteiger partial charge in [0.15, 0.2) is 11.5 Å². The highest BCUT2D eigenvalue weighted by molar-refractivity contribution is 5.95. The Morgan fingerprint density at radius 3 is 2.54 bits per heavy atom. The van der Waals surface area contributed by atoms with Gasteiger partial charge in [-0.3, -0.25) is 4.79 Å². The number of halogens is 1. The van der Waals surface area contributed by atoms with Crippen LogP contribution < -0.4 is 20.5 Å². The van der Waals surface area contributed by atoms with Crippen LogP contribution in [0.5, 0.6) is 11.5 Å².